The number of hydrogen-bond acceptors (Lipinski definition) is 5. The van der Waals surface area contributed by atoms with Crippen molar-refractivity contribution in [2.45, 2.75) is 25.3 Å². The summed E-state index contributed by atoms with van der Waals surface area (Å²) in [6.45, 7) is 2.84. The minimum atomic E-state index is -3.78. The van der Waals surface area contributed by atoms with Crippen molar-refractivity contribution in [2.24, 2.45) is 0 Å². The molecule has 0 saturated heterocycles. The molecule has 0 unspecified atom stereocenters. The van der Waals surface area contributed by atoms with Crippen LogP contribution in [0.1, 0.15) is 17.0 Å². The number of nitrogens with one attached hydrogen (secondary N) is 1. The second-order valence-corrected chi connectivity index (χ2v) is 5.69. The van der Waals surface area contributed by atoms with Crippen LogP contribution in [0.4, 0.5) is 5.69 Å². The van der Waals surface area contributed by atoms with Crippen LogP contribution in [0.3, 0.4) is 0 Å². The number of para-hydroxylation sites is 1. The maximum absolute atomic E-state index is 12.3. The van der Waals surface area contributed by atoms with Crippen LogP contribution in [0.5, 0.6) is 0 Å². The van der Waals surface area contributed by atoms with Gasteiger partial charge in [0.25, 0.3) is 10.0 Å². The molecule has 0 amide bonds. The fourth-order valence-electron chi connectivity index (χ4n) is 1.81. The number of aliphatic hydroxyl groups is 1. The average molecular weight is 282 g/mol. The normalized spacial score (nSPS) is 11.5. The standard InChI is InChI=1S/C12H14N2O4S/c1-8-12(9(2)18-13-8)19(16,17)14-11-6-4-3-5-10(11)7-15/h3-6,14-15H,7H2,1-2H3. The molecule has 0 atom stereocenters. The van der Waals surface area contributed by atoms with Crippen LogP contribution in [0.25, 0.3) is 0 Å². The fourth-order valence-corrected chi connectivity index (χ4v) is 3.24. The summed E-state index contributed by atoms with van der Waals surface area (Å²) in [4.78, 5) is 0.0280. The zero-order valence-corrected chi connectivity index (χ0v) is 11.4. The quantitative estimate of drug-likeness (QED) is 0.888. The van der Waals surface area contributed by atoms with Gasteiger partial charge in [-0.2, -0.15) is 0 Å². The molecular weight excluding hydrogens is 268 g/mol. The highest BCUT2D eigenvalue weighted by atomic mass is 32.2. The lowest BCUT2D eigenvalue weighted by Crippen LogP contribution is -2.15. The van der Waals surface area contributed by atoms with Crippen LogP contribution >= 0.6 is 0 Å². The lowest BCUT2D eigenvalue weighted by Gasteiger charge is -2.10. The maximum Gasteiger partial charge on any atom is 0.267 e. The van der Waals surface area contributed by atoms with E-state index in [1.807, 2.05) is 0 Å². The summed E-state index contributed by atoms with van der Waals surface area (Å²) in [6.07, 6.45) is 0. The molecule has 1 aromatic carbocycles. The lowest BCUT2D eigenvalue weighted by atomic mass is 10.2. The van der Waals surface area contributed by atoms with Crippen molar-refractivity contribution in [3.63, 3.8) is 0 Å². The van der Waals surface area contributed by atoms with Crippen molar-refractivity contribution in [3.05, 3.63) is 41.3 Å². The third-order valence-corrected chi connectivity index (χ3v) is 4.28. The van der Waals surface area contributed by atoms with Gasteiger partial charge < -0.3 is 9.63 Å². The van der Waals surface area contributed by atoms with Gasteiger partial charge in [0.2, 0.25) is 0 Å². The first-order valence-electron chi connectivity index (χ1n) is 5.60. The fraction of sp³-hybridized carbons (Fsp3) is 0.250. The molecule has 2 rings (SSSR count). The van der Waals surface area contributed by atoms with Gasteiger partial charge in [0.15, 0.2) is 10.7 Å². The van der Waals surface area contributed by atoms with Gasteiger partial charge >= 0.3 is 0 Å². The monoisotopic (exact) mass is 282 g/mol. The molecule has 0 fully saturated rings. The molecule has 1 heterocycles. The summed E-state index contributed by atoms with van der Waals surface area (Å²) in [6, 6.07) is 6.63. The van der Waals surface area contributed by atoms with Crippen LogP contribution in [0, 0.1) is 13.8 Å². The molecule has 2 aromatic rings. The number of hydrogen-bond donors (Lipinski definition) is 2. The van der Waals surface area contributed by atoms with Crippen LogP contribution in [-0.2, 0) is 16.6 Å². The molecule has 102 valence electrons. The van der Waals surface area contributed by atoms with Crippen LogP contribution < -0.4 is 4.72 Å². The summed E-state index contributed by atoms with van der Waals surface area (Å²) in [7, 11) is -3.78. The number of aromatic nitrogens is 1. The van der Waals surface area contributed by atoms with Crippen molar-refractivity contribution in [1.29, 1.82) is 0 Å². The number of aliphatic hydroxyl groups excluding tert-OH is 1. The SMILES string of the molecule is Cc1noc(C)c1S(=O)(=O)Nc1ccccc1CO. The lowest BCUT2D eigenvalue weighted by molar-refractivity contribution is 0.282. The molecule has 0 aliphatic rings. The Morgan fingerprint density at radius 1 is 1.32 bits per heavy atom. The number of aryl methyl sites for hydroxylation is 2. The van der Waals surface area contributed by atoms with Crippen molar-refractivity contribution in [1.82, 2.24) is 5.16 Å². The van der Waals surface area contributed by atoms with E-state index in [0.29, 0.717) is 16.9 Å². The van der Waals surface area contributed by atoms with Crippen LogP contribution in [0.2, 0.25) is 0 Å². The molecule has 6 nitrogen and oxygen atoms in total. The van der Waals surface area contributed by atoms with Crippen molar-refractivity contribution in [3.8, 4) is 0 Å². The number of nitrogens with zero attached hydrogens (tertiary/aromatic N) is 1. The zero-order valence-electron chi connectivity index (χ0n) is 10.5. The van der Waals surface area contributed by atoms with Gasteiger partial charge in [0.1, 0.15) is 5.69 Å². The van der Waals surface area contributed by atoms with Gasteiger partial charge in [-0.25, -0.2) is 8.42 Å². The Hall–Kier alpha value is -1.86. The second kappa shape index (κ2) is 5.02. The molecular formula is C12H14N2O4S. The van der Waals surface area contributed by atoms with Gasteiger partial charge in [-0.1, -0.05) is 23.4 Å². The van der Waals surface area contributed by atoms with E-state index in [2.05, 4.69) is 9.88 Å². The second-order valence-electron chi connectivity index (χ2n) is 4.07. The number of sulfonamides is 1. The highest BCUT2D eigenvalue weighted by Gasteiger charge is 2.24. The highest BCUT2D eigenvalue weighted by Crippen LogP contribution is 2.24. The van der Waals surface area contributed by atoms with E-state index in [0.717, 1.165) is 0 Å². The maximum atomic E-state index is 12.3. The minimum absolute atomic E-state index is 0.0280. The highest BCUT2D eigenvalue weighted by molar-refractivity contribution is 7.92. The first-order chi connectivity index (χ1) is 8.95. The summed E-state index contributed by atoms with van der Waals surface area (Å²) < 4.78 is 31.9. The van der Waals surface area contributed by atoms with Crippen LogP contribution in [-0.4, -0.2) is 18.7 Å². The van der Waals surface area contributed by atoms with Crippen molar-refractivity contribution >= 4 is 15.7 Å². The van der Waals surface area contributed by atoms with E-state index >= 15 is 0 Å². The Morgan fingerprint density at radius 3 is 2.58 bits per heavy atom. The van der Waals surface area contributed by atoms with E-state index in [9.17, 15) is 13.5 Å². The van der Waals surface area contributed by atoms with Gasteiger partial charge in [-0.3, -0.25) is 4.72 Å². The van der Waals surface area contributed by atoms with Crippen molar-refractivity contribution < 1.29 is 18.0 Å². The molecule has 0 aliphatic carbocycles. The largest absolute Gasteiger partial charge is 0.392 e. The third kappa shape index (κ3) is 2.61. The van der Waals surface area contributed by atoms with E-state index in [-0.39, 0.29) is 17.3 Å². The Bertz CT molecular complexity index is 672. The Balaban J connectivity index is 2.43. The predicted octanol–water partition coefficient (Wildman–Crippen LogP) is 1.58. The Kier molecular flexibility index (Phi) is 3.59. The molecule has 0 bridgehead atoms. The molecule has 0 aliphatic heterocycles. The summed E-state index contributed by atoms with van der Waals surface area (Å²) in [5.41, 5.74) is 1.13. The van der Waals surface area contributed by atoms with Gasteiger partial charge in [-0.15, -0.1) is 0 Å². The first kappa shape index (κ1) is 13.6. The summed E-state index contributed by atoms with van der Waals surface area (Å²) in [5, 5.41) is 12.8. The van der Waals surface area contributed by atoms with Gasteiger partial charge in [-0.05, 0) is 19.9 Å². The molecule has 0 saturated carbocycles. The minimum Gasteiger partial charge on any atom is -0.392 e. The molecule has 0 radical (unpaired) electrons. The first-order valence-corrected chi connectivity index (χ1v) is 7.08. The summed E-state index contributed by atoms with van der Waals surface area (Å²) in [5.74, 6) is 0.228. The summed E-state index contributed by atoms with van der Waals surface area (Å²) >= 11 is 0. The zero-order chi connectivity index (χ0) is 14.0. The van der Waals surface area contributed by atoms with E-state index < -0.39 is 10.0 Å². The molecule has 1 aromatic heterocycles. The van der Waals surface area contributed by atoms with Crippen LogP contribution in [0.15, 0.2) is 33.7 Å². The molecule has 19 heavy (non-hydrogen) atoms. The Labute approximate surface area is 111 Å². The van der Waals surface area contributed by atoms with Gasteiger partial charge in [0, 0.05) is 5.56 Å². The molecule has 0 spiro atoms. The Morgan fingerprint density at radius 2 is 2.00 bits per heavy atom. The average Bonchev–Trinajstić information content (AvgIpc) is 2.70. The predicted molar refractivity (Wildman–Crippen MR) is 69.2 cm³/mol. The van der Waals surface area contributed by atoms with Gasteiger partial charge in [0.05, 0.1) is 12.3 Å². The number of benzene rings is 1. The molecule has 7 heteroatoms. The molecule has 2 N–H and O–H groups in total. The third-order valence-electron chi connectivity index (χ3n) is 2.67. The van der Waals surface area contributed by atoms with Crippen molar-refractivity contribution in [2.75, 3.05) is 4.72 Å². The van der Waals surface area contributed by atoms with E-state index in [1.165, 1.54) is 6.92 Å². The van der Waals surface area contributed by atoms with E-state index in [4.69, 9.17) is 4.52 Å². The number of rotatable bonds is 4. The van der Waals surface area contributed by atoms with E-state index in [1.54, 1.807) is 31.2 Å². The smallest absolute Gasteiger partial charge is 0.267 e. The number of anilines is 1. The topological polar surface area (TPSA) is 92.4 Å².